The predicted molar refractivity (Wildman–Crippen MR) is 90.8 cm³/mol. The minimum Gasteiger partial charge on any atom is -0.379 e. The number of likely N-dealkylation sites (N-methyl/N-ethyl adjacent to an activating group) is 1. The topological polar surface area (TPSA) is 21.3 Å². The van der Waals surface area contributed by atoms with Crippen LogP contribution in [0, 0.1) is 0 Å². The minimum atomic E-state index is -0.0432. The Labute approximate surface area is 128 Å². The molecule has 0 amide bonds. The first-order valence-electron chi connectivity index (χ1n) is 7.74. The second kappa shape index (κ2) is 7.06. The average molecular weight is 285 g/mol. The number of hydrogen-bond acceptors (Lipinski definition) is 2. The first-order chi connectivity index (χ1) is 10.0. The first kappa shape index (κ1) is 16.0. The molecule has 0 aromatic heterocycles. The smallest absolute Gasteiger partial charge is 0.0623 e. The highest BCUT2D eigenvalue weighted by atomic mass is 16.5. The van der Waals surface area contributed by atoms with Gasteiger partial charge >= 0.3 is 0 Å². The third-order valence-electron chi connectivity index (χ3n) is 4.35. The van der Waals surface area contributed by atoms with Crippen molar-refractivity contribution in [1.82, 2.24) is 5.32 Å². The molecule has 1 atom stereocenters. The summed E-state index contributed by atoms with van der Waals surface area (Å²) in [6.45, 7) is 4.30. The lowest BCUT2D eigenvalue weighted by atomic mass is 9.94. The van der Waals surface area contributed by atoms with Gasteiger partial charge in [0.1, 0.15) is 0 Å². The fraction of sp³-hybridized carbons (Fsp3) is 0.474. The van der Waals surface area contributed by atoms with Crippen LogP contribution in [0.15, 0.2) is 42.5 Å². The molecule has 0 aliphatic carbocycles. The highest BCUT2D eigenvalue weighted by molar-refractivity contribution is 5.82. The zero-order valence-electron chi connectivity index (χ0n) is 13.6. The van der Waals surface area contributed by atoms with Crippen molar-refractivity contribution in [2.45, 2.75) is 44.8 Å². The molecule has 0 saturated carbocycles. The lowest BCUT2D eigenvalue weighted by Gasteiger charge is -2.26. The van der Waals surface area contributed by atoms with Crippen LogP contribution in [0.3, 0.4) is 0 Å². The molecule has 1 unspecified atom stereocenters. The number of nitrogens with one attached hydrogen (secondary N) is 1. The quantitative estimate of drug-likeness (QED) is 0.824. The average Bonchev–Trinajstić information content (AvgIpc) is 2.51. The normalized spacial score (nSPS) is 13.5. The monoisotopic (exact) mass is 285 g/mol. The Morgan fingerprint density at radius 3 is 2.48 bits per heavy atom. The molecule has 2 aromatic carbocycles. The van der Waals surface area contributed by atoms with Gasteiger partial charge in [-0.25, -0.2) is 0 Å². The summed E-state index contributed by atoms with van der Waals surface area (Å²) in [5.41, 5.74) is 1.35. The second-order valence-corrected chi connectivity index (χ2v) is 6.37. The van der Waals surface area contributed by atoms with E-state index in [0.29, 0.717) is 6.04 Å². The second-order valence-electron chi connectivity index (χ2n) is 6.37. The molecule has 2 heteroatoms. The molecular formula is C19H27NO. The van der Waals surface area contributed by atoms with Gasteiger partial charge in [-0.3, -0.25) is 0 Å². The standard InChI is InChI=1S/C19H27NO/c1-19(2,21-4)12-11-18(20-3)14-15-9-10-16-7-5-6-8-17(16)13-15/h5-10,13,18,20H,11-12,14H2,1-4H3. The summed E-state index contributed by atoms with van der Waals surface area (Å²) < 4.78 is 5.51. The predicted octanol–water partition coefficient (Wildman–Crippen LogP) is 4.18. The molecule has 0 saturated heterocycles. The van der Waals surface area contributed by atoms with Crippen molar-refractivity contribution in [1.29, 1.82) is 0 Å². The van der Waals surface area contributed by atoms with Crippen LogP contribution in [0.2, 0.25) is 0 Å². The molecule has 114 valence electrons. The number of fused-ring (bicyclic) bond motifs is 1. The van der Waals surface area contributed by atoms with E-state index >= 15 is 0 Å². The van der Waals surface area contributed by atoms with Gasteiger partial charge in [0.2, 0.25) is 0 Å². The molecule has 0 spiro atoms. The van der Waals surface area contributed by atoms with E-state index in [2.05, 4.69) is 61.6 Å². The molecular weight excluding hydrogens is 258 g/mol. The van der Waals surface area contributed by atoms with Crippen LogP contribution >= 0.6 is 0 Å². The maximum absolute atomic E-state index is 5.51. The highest BCUT2D eigenvalue weighted by Crippen LogP contribution is 2.20. The van der Waals surface area contributed by atoms with E-state index in [1.54, 1.807) is 7.11 Å². The molecule has 2 aromatic rings. The van der Waals surface area contributed by atoms with E-state index in [1.807, 2.05) is 7.05 Å². The van der Waals surface area contributed by atoms with Gasteiger partial charge in [-0.05, 0) is 56.5 Å². The van der Waals surface area contributed by atoms with Crippen molar-refractivity contribution in [3.05, 3.63) is 48.0 Å². The Hall–Kier alpha value is -1.38. The molecule has 0 aliphatic rings. The van der Waals surface area contributed by atoms with Crippen LogP contribution in [0.4, 0.5) is 0 Å². The van der Waals surface area contributed by atoms with Crippen LogP contribution in [0.5, 0.6) is 0 Å². The van der Waals surface area contributed by atoms with Gasteiger partial charge in [-0.15, -0.1) is 0 Å². The largest absolute Gasteiger partial charge is 0.379 e. The van der Waals surface area contributed by atoms with E-state index in [1.165, 1.54) is 16.3 Å². The Morgan fingerprint density at radius 1 is 1.10 bits per heavy atom. The fourth-order valence-electron chi connectivity index (χ4n) is 2.62. The first-order valence-corrected chi connectivity index (χ1v) is 7.74. The maximum Gasteiger partial charge on any atom is 0.0623 e. The summed E-state index contributed by atoms with van der Waals surface area (Å²) in [5, 5.41) is 6.07. The molecule has 0 heterocycles. The van der Waals surface area contributed by atoms with Crippen LogP contribution in [-0.2, 0) is 11.2 Å². The summed E-state index contributed by atoms with van der Waals surface area (Å²) >= 11 is 0. The molecule has 1 N–H and O–H groups in total. The molecule has 0 aliphatic heterocycles. The SMILES string of the molecule is CNC(CCC(C)(C)OC)Cc1ccc2ccccc2c1. The third-order valence-corrected chi connectivity index (χ3v) is 4.35. The third kappa shape index (κ3) is 4.55. The van der Waals surface area contributed by atoms with E-state index in [9.17, 15) is 0 Å². The molecule has 0 bridgehead atoms. The number of methoxy groups -OCH3 is 1. The molecule has 2 rings (SSSR count). The van der Waals surface area contributed by atoms with Crippen LogP contribution in [0.25, 0.3) is 10.8 Å². The van der Waals surface area contributed by atoms with Gasteiger partial charge < -0.3 is 10.1 Å². The Morgan fingerprint density at radius 2 is 1.81 bits per heavy atom. The lowest BCUT2D eigenvalue weighted by Crippen LogP contribution is -2.31. The van der Waals surface area contributed by atoms with Crippen molar-refractivity contribution in [2.75, 3.05) is 14.2 Å². The number of rotatable bonds is 7. The lowest BCUT2D eigenvalue weighted by molar-refractivity contribution is 0.0119. The Kier molecular flexibility index (Phi) is 5.38. The van der Waals surface area contributed by atoms with Gasteiger partial charge in [0.05, 0.1) is 5.60 Å². The Balaban J connectivity index is 2.02. The number of benzene rings is 2. The van der Waals surface area contributed by atoms with E-state index < -0.39 is 0 Å². The summed E-state index contributed by atoms with van der Waals surface area (Å²) in [4.78, 5) is 0. The van der Waals surface area contributed by atoms with Gasteiger partial charge in [-0.1, -0.05) is 42.5 Å². The van der Waals surface area contributed by atoms with Crippen LogP contribution < -0.4 is 5.32 Å². The molecule has 2 nitrogen and oxygen atoms in total. The highest BCUT2D eigenvalue weighted by Gasteiger charge is 2.18. The van der Waals surface area contributed by atoms with Crippen molar-refractivity contribution in [3.63, 3.8) is 0 Å². The van der Waals surface area contributed by atoms with Crippen molar-refractivity contribution in [3.8, 4) is 0 Å². The maximum atomic E-state index is 5.51. The molecule has 0 fully saturated rings. The summed E-state index contributed by atoms with van der Waals surface area (Å²) in [5.74, 6) is 0. The summed E-state index contributed by atoms with van der Waals surface area (Å²) in [7, 11) is 3.84. The van der Waals surface area contributed by atoms with Gasteiger partial charge in [0, 0.05) is 13.2 Å². The van der Waals surface area contributed by atoms with Crippen LogP contribution in [0.1, 0.15) is 32.3 Å². The minimum absolute atomic E-state index is 0.0432. The van der Waals surface area contributed by atoms with Crippen molar-refractivity contribution in [2.24, 2.45) is 0 Å². The summed E-state index contributed by atoms with van der Waals surface area (Å²) in [6.07, 6.45) is 3.23. The van der Waals surface area contributed by atoms with E-state index in [4.69, 9.17) is 4.74 Å². The van der Waals surface area contributed by atoms with E-state index in [-0.39, 0.29) is 5.60 Å². The van der Waals surface area contributed by atoms with Crippen molar-refractivity contribution < 1.29 is 4.74 Å². The molecule has 0 radical (unpaired) electrons. The van der Waals surface area contributed by atoms with Crippen molar-refractivity contribution >= 4 is 10.8 Å². The van der Waals surface area contributed by atoms with Gasteiger partial charge in [0.25, 0.3) is 0 Å². The fourth-order valence-corrected chi connectivity index (χ4v) is 2.62. The molecule has 21 heavy (non-hydrogen) atoms. The van der Waals surface area contributed by atoms with E-state index in [0.717, 1.165) is 19.3 Å². The summed E-state index contributed by atoms with van der Waals surface area (Å²) in [6, 6.07) is 15.8. The van der Waals surface area contributed by atoms with Gasteiger partial charge in [0.15, 0.2) is 0 Å². The number of hydrogen-bond donors (Lipinski definition) is 1. The zero-order valence-corrected chi connectivity index (χ0v) is 13.6. The number of ether oxygens (including phenoxy) is 1. The zero-order chi connectivity index (χ0) is 15.3. The Bertz CT molecular complexity index is 577. The van der Waals surface area contributed by atoms with Gasteiger partial charge in [-0.2, -0.15) is 0 Å². The van der Waals surface area contributed by atoms with Crippen LogP contribution in [-0.4, -0.2) is 25.8 Å².